The fraction of sp³-hybridized carbons (Fsp3) is 0.619. The first-order valence-corrected chi connectivity index (χ1v) is 10.3. The van der Waals surface area contributed by atoms with Gasteiger partial charge in [-0.25, -0.2) is 0 Å². The maximum absolute atomic E-state index is 12.3. The molecule has 0 spiro atoms. The first kappa shape index (κ1) is 20.8. The topological polar surface area (TPSA) is 58.2 Å². The molecule has 1 fully saturated rings. The highest BCUT2D eigenvalue weighted by molar-refractivity contribution is 6.30. The fourth-order valence-electron chi connectivity index (χ4n) is 3.52. The molecule has 0 unspecified atom stereocenters. The number of benzene rings is 1. The molecule has 2 N–H and O–H groups in total. The minimum Gasteiger partial charge on any atom is -0.356 e. The van der Waals surface area contributed by atoms with Crippen molar-refractivity contribution >= 4 is 23.4 Å². The Morgan fingerprint density at radius 3 is 2.19 bits per heavy atom. The number of rotatable bonds is 9. The van der Waals surface area contributed by atoms with Gasteiger partial charge in [0.05, 0.1) is 0 Å². The first-order valence-electron chi connectivity index (χ1n) is 9.90. The minimum atomic E-state index is 0.0403. The zero-order valence-electron chi connectivity index (χ0n) is 15.7. The lowest BCUT2D eigenvalue weighted by Gasteiger charge is -2.27. The van der Waals surface area contributed by atoms with E-state index in [1.54, 1.807) is 0 Å². The van der Waals surface area contributed by atoms with Gasteiger partial charge in [0.1, 0.15) is 0 Å². The fourth-order valence-corrected chi connectivity index (χ4v) is 3.73. The monoisotopic (exact) mass is 378 g/mol. The third-order valence-corrected chi connectivity index (χ3v) is 5.39. The second-order valence-electron chi connectivity index (χ2n) is 7.22. The van der Waals surface area contributed by atoms with Gasteiger partial charge in [-0.05, 0) is 56.2 Å². The van der Waals surface area contributed by atoms with Crippen LogP contribution in [0, 0.1) is 11.8 Å². The van der Waals surface area contributed by atoms with Gasteiger partial charge >= 0.3 is 0 Å². The minimum absolute atomic E-state index is 0.0403. The summed E-state index contributed by atoms with van der Waals surface area (Å²) in [4.78, 5) is 24.5. The molecule has 1 aliphatic carbocycles. The highest BCUT2D eigenvalue weighted by atomic mass is 35.5. The van der Waals surface area contributed by atoms with E-state index in [1.807, 2.05) is 24.3 Å². The summed E-state index contributed by atoms with van der Waals surface area (Å²) >= 11 is 5.97. The Hall–Kier alpha value is -1.55. The Labute approximate surface area is 162 Å². The van der Waals surface area contributed by atoms with Crippen LogP contribution in [-0.2, 0) is 16.0 Å². The van der Waals surface area contributed by atoms with Gasteiger partial charge in [0.15, 0.2) is 0 Å². The van der Waals surface area contributed by atoms with Gasteiger partial charge in [-0.15, -0.1) is 0 Å². The maximum Gasteiger partial charge on any atom is 0.223 e. The molecule has 26 heavy (non-hydrogen) atoms. The highest BCUT2D eigenvalue weighted by Crippen LogP contribution is 2.29. The SMILES string of the molecule is CCCCCNC(=O)C1CCC(C(=O)NCCc2cccc(Cl)c2)CC1. The van der Waals surface area contributed by atoms with Crippen molar-refractivity contribution < 1.29 is 9.59 Å². The zero-order chi connectivity index (χ0) is 18.8. The molecule has 2 amide bonds. The van der Waals surface area contributed by atoms with E-state index in [9.17, 15) is 9.59 Å². The highest BCUT2D eigenvalue weighted by Gasteiger charge is 2.29. The van der Waals surface area contributed by atoms with Gasteiger partial charge in [0, 0.05) is 29.9 Å². The van der Waals surface area contributed by atoms with Crippen molar-refractivity contribution in [2.45, 2.75) is 58.3 Å². The maximum atomic E-state index is 12.3. The molecule has 0 heterocycles. The van der Waals surface area contributed by atoms with E-state index in [-0.39, 0.29) is 23.7 Å². The van der Waals surface area contributed by atoms with E-state index >= 15 is 0 Å². The van der Waals surface area contributed by atoms with E-state index in [2.05, 4.69) is 17.6 Å². The number of hydrogen-bond acceptors (Lipinski definition) is 2. The van der Waals surface area contributed by atoms with Gasteiger partial charge in [-0.2, -0.15) is 0 Å². The predicted octanol–water partition coefficient (Wildman–Crippen LogP) is 4.11. The predicted molar refractivity (Wildman–Crippen MR) is 106 cm³/mol. The number of halogens is 1. The van der Waals surface area contributed by atoms with Gasteiger partial charge in [0.2, 0.25) is 11.8 Å². The summed E-state index contributed by atoms with van der Waals surface area (Å²) in [6.07, 6.45) is 7.37. The van der Waals surface area contributed by atoms with Gasteiger partial charge in [-0.3, -0.25) is 9.59 Å². The molecular weight excluding hydrogens is 348 g/mol. The molecule has 1 aromatic carbocycles. The van der Waals surface area contributed by atoms with E-state index in [0.29, 0.717) is 6.54 Å². The van der Waals surface area contributed by atoms with Crippen LogP contribution in [0.1, 0.15) is 57.4 Å². The Kier molecular flexibility index (Phi) is 8.96. The number of carbonyl (C=O) groups excluding carboxylic acids is 2. The molecule has 0 saturated heterocycles. The summed E-state index contributed by atoms with van der Waals surface area (Å²) in [6, 6.07) is 7.72. The molecule has 4 nitrogen and oxygen atoms in total. The smallest absolute Gasteiger partial charge is 0.223 e. The molecule has 0 aromatic heterocycles. The molecular formula is C21H31ClN2O2. The van der Waals surface area contributed by atoms with Crippen molar-refractivity contribution in [2.24, 2.45) is 11.8 Å². The van der Waals surface area contributed by atoms with E-state index in [4.69, 9.17) is 11.6 Å². The Morgan fingerprint density at radius 1 is 1.00 bits per heavy atom. The molecule has 5 heteroatoms. The Morgan fingerprint density at radius 2 is 1.62 bits per heavy atom. The molecule has 0 atom stereocenters. The van der Waals surface area contributed by atoms with E-state index in [1.165, 1.54) is 0 Å². The molecule has 1 saturated carbocycles. The lowest BCUT2D eigenvalue weighted by atomic mass is 9.81. The largest absolute Gasteiger partial charge is 0.356 e. The molecule has 144 valence electrons. The van der Waals surface area contributed by atoms with Gasteiger partial charge in [-0.1, -0.05) is 43.5 Å². The normalized spacial score (nSPS) is 19.8. The summed E-state index contributed by atoms with van der Waals surface area (Å²) in [5, 5.41) is 6.79. The van der Waals surface area contributed by atoms with Gasteiger partial charge < -0.3 is 10.6 Å². The lowest BCUT2D eigenvalue weighted by molar-refractivity contribution is -0.130. The van der Waals surface area contributed by atoms with E-state index in [0.717, 1.165) is 68.5 Å². The van der Waals surface area contributed by atoms with Crippen molar-refractivity contribution in [3.63, 3.8) is 0 Å². The van der Waals surface area contributed by atoms with Crippen molar-refractivity contribution in [3.8, 4) is 0 Å². The quantitative estimate of drug-likeness (QED) is 0.635. The number of unbranched alkanes of at least 4 members (excludes halogenated alkanes) is 2. The van der Waals surface area contributed by atoms with Crippen LogP contribution in [0.25, 0.3) is 0 Å². The first-order chi connectivity index (χ1) is 12.6. The third-order valence-electron chi connectivity index (χ3n) is 5.15. The molecule has 0 radical (unpaired) electrons. The van der Waals surface area contributed by atoms with Crippen molar-refractivity contribution in [2.75, 3.05) is 13.1 Å². The van der Waals surface area contributed by atoms with Crippen LogP contribution in [0.3, 0.4) is 0 Å². The summed E-state index contributed by atoms with van der Waals surface area (Å²) < 4.78 is 0. The second kappa shape index (κ2) is 11.2. The average molecular weight is 379 g/mol. The lowest BCUT2D eigenvalue weighted by Crippen LogP contribution is -2.38. The molecule has 1 aliphatic rings. The number of carbonyl (C=O) groups is 2. The van der Waals surface area contributed by atoms with Crippen molar-refractivity contribution in [1.82, 2.24) is 10.6 Å². The van der Waals surface area contributed by atoms with E-state index < -0.39 is 0 Å². The molecule has 0 bridgehead atoms. The number of hydrogen-bond donors (Lipinski definition) is 2. The van der Waals surface area contributed by atoms with Crippen LogP contribution in [0.4, 0.5) is 0 Å². The summed E-state index contributed by atoms with van der Waals surface area (Å²) in [5.74, 6) is 0.403. The molecule has 1 aromatic rings. The summed E-state index contributed by atoms with van der Waals surface area (Å²) in [7, 11) is 0. The standard InChI is InChI=1S/C21H31ClN2O2/c1-2-3-4-13-23-20(25)17-8-10-18(11-9-17)21(26)24-14-12-16-6-5-7-19(22)15-16/h5-7,15,17-18H,2-4,8-14H2,1H3,(H,23,25)(H,24,26). The van der Waals surface area contributed by atoms with Crippen LogP contribution in [0.15, 0.2) is 24.3 Å². The van der Waals surface area contributed by atoms with Crippen molar-refractivity contribution in [3.05, 3.63) is 34.9 Å². The zero-order valence-corrected chi connectivity index (χ0v) is 16.5. The van der Waals surface area contributed by atoms with Crippen LogP contribution < -0.4 is 10.6 Å². The number of amides is 2. The third kappa shape index (κ3) is 6.99. The van der Waals surface area contributed by atoms with Crippen LogP contribution in [-0.4, -0.2) is 24.9 Å². The van der Waals surface area contributed by atoms with Gasteiger partial charge in [0.25, 0.3) is 0 Å². The van der Waals surface area contributed by atoms with Crippen LogP contribution in [0.2, 0.25) is 5.02 Å². The second-order valence-corrected chi connectivity index (χ2v) is 7.65. The average Bonchev–Trinajstić information content (AvgIpc) is 2.65. The van der Waals surface area contributed by atoms with Crippen LogP contribution in [0.5, 0.6) is 0 Å². The summed E-state index contributed by atoms with van der Waals surface area (Å²) in [5.41, 5.74) is 1.13. The number of nitrogens with one attached hydrogen (secondary N) is 2. The van der Waals surface area contributed by atoms with Crippen LogP contribution >= 0.6 is 11.6 Å². The summed E-state index contributed by atoms with van der Waals surface area (Å²) in [6.45, 7) is 3.55. The molecule has 0 aliphatic heterocycles. The Balaban J connectivity index is 1.63. The molecule has 2 rings (SSSR count). The van der Waals surface area contributed by atoms with Crippen molar-refractivity contribution in [1.29, 1.82) is 0 Å². The Bertz CT molecular complexity index is 583.